The molecular formula is C28H27N7O2S. The van der Waals surface area contributed by atoms with Crippen LogP contribution in [0.4, 0.5) is 17.2 Å². The fourth-order valence-electron chi connectivity index (χ4n) is 4.48. The minimum atomic E-state index is -0.239. The maximum absolute atomic E-state index is 12.9. The minimum Gasteiger partial charge on any atom is -0.379 e. The first-order chi connectivity index (χ1) is 18.6. The summed E-state index contributed by atoms with van der Waals surface area (Å²) < 4.78 is 6.39. The molecule has 0 spiro atoms. The standard InChI is InChI=1S/C28H27N7O2S/c1-18(35-10-12-37-13-11-35)28(36)32-23-4-2-3-20(15-23)26-33-24-9-14-38-25(24)27(34-26)31-22-7-5-19(6-8-22)21-16-29-30-17-21/h2-9,14-18H,10-13H2,1H3,(H,29,30)(H,32,36)(H,31,33,34). The van der Waals surface area contributed by atoms with E-state index in [9.17, 15) is 4.79 Å². The molecule has 1 fully saturated rings. The van der Waals surface area contributed by atoms with Crippen LogP contribution in [-0.2, 0) is 9.53 Å². The third-order valence-electron chi connectivity index (χ3n) is 6.64. The van der Waals surface area contributed by atoms with E-state index < -0.39 is 0 Å². The Morgan fingerprint density at radius 1 is 1.03 bits per heavy atom. The lowest BCUT2D eigenvalue weighted by Crippen LogP contribution is -2.47. The number of nitrogens with zero attached hydrogens (tertiary/aromatic N) is 4. The molecule has 1 aliphatic rings. The minimum absolute atomic E-state index is 0.0422. The molecule has 1 unspecified atom stereocenters. The van der Waals surface area contributed by atoms with Crippen LogP contribution in [0.15, 0.2) is 72.4 Å². The van der Waals surface area contributed by atoms with Crippen LogP contribution in [0.5, 0.6) is 0 Å². The second-order valence-electron chi connectivity index (χ2n) is 9.11. The molecule has 0 radical (unpaired) electrons. The summed E-state index contributed by atoms with van der Waals surface area (Å²) in [6.07, 6.45) is 3.67. The van der Waals surface area contributed by atoms with Crippen LogP contribution in [0.2, 0.25) is 0 Å². The summed E-state index contributed by atoms with van der Waals surface area (Å²) in [7, 11) is 0. The zero-order valence-electron chi connectivity index (χ0n) is 20.8. The fourth-order valence-corrected chi connectivity index (χ4v) is 5.26. The van der Waals surface area contributed by atoms with Gasteiger partial charge in [0.2, 0.25) is 5.91 Å². The number of hydrogen-bond acceptors (Lipinski definition) is 8. The van der Waals surface area contributed by atoms with Crippen molar-refractivity contribution in [3.63, 3.8) is 0 Å². The Labute approximate surface area is 223 Å². The Hall–Kier alpha value is -4.12. The maximum Gasteiger partial charge on any atom is 0.241 e. The molecule has 0 bridgehead atoms. The van der Waals surface area contributed by atoms with E-state index in [4.69, 9.17) is 14.7 Å². The van der Waals surface area contributed by atoms with Gasteiger partial charge in [-0.15, -0.1) is 11.3 Å². The van der Waals surface area contributed by atoms with Crippen molar-refractivity contribution >= 4 is 44.7 Å². The van der Waals surface area contributed by atoms with Crippen LogP contribution >= 0.6 is 11.3 Å². The lowest BCUT2D eigenvalue weighted by Gasteiger charge is -2.31. The first kappa shape index (κ1) is 24.2. The maximum atomic E-state index is 12.9. The summed E-state index contributed by atoms with van der Waals surface area (Å²) in [5, 5.41) is 15.4. The van der Waals surface area contributed by atoms with Crippen molar-refractivity contribution in [2.24, 2.45) is 0 Å². The number of aromatic amines is 1. The van der Waals surface area contributed by atoms with Crippen LogP contribution in [-0.4, -0.2) is 63.3 Å². The molecule has 192 valence electrons. The van der Waals surface area contributed by atoms with Gasteiger partial charge in [-0.05, 0) is 48.2 Å². The molecule has 1 amide bonds. The number of thiophene rings is 1. The Morgan fingerprint density at radius 2 is 1.87 bits per heavy atom. The van der Waals surface area contributed by atoms with Crippen molar-refractivity contribution in [3.05, 3.63) is 72.4 Å². The smallest absolute Gasteiger partial charge is 0.241 e. The van der Waals surface area contributed by atoms with E-state index in [2.05, 4.69) is 25.7 Å². The Kier molecular flexibility index (Phi) is 6.82. The molecular weight excluding hydrogens is 498 g/mol. The van der Waals surface area contributed by atoms with Gasteiger partial charge in [0.1, 0.15) is 0 Å². The quantitative estimate of drug-likeness (QED) is 0.270. The van der Waals surface area contributed by atoms with Gasteiger partial charge in [-0.2, -0.15) is 5.10 Å². The number of anilines is 3. The van der Waals surface area contributed by atoms with Gasteiger partial charge in [-0.3, -0.25) is 14.8 Å². The van der Waals surface area contributed by atoms with Crippen molar-refractivity contribution in [3.8, 4) is 22.5 Å². The van der Waals surface area contributed by atoms with Gasteiger partial charge < -0.3 is 15.4 Å². The molecule has 1 atom stereocenters. The molecule has 0 saturated carbocycles. The lowest BCUT2D eigenvalue weighted by molar-refractivity contribution is -0.122. The average Bonchev–Trinajstić information content (AvgIpc) is 3.67. The van der Waals surface area contributed by atoms with Gasteiger partial charge in [-0.1, -0.05) is 24.3 Å². The number of benzene rings is 2. The summed E-state index contributed by atoms with van der Waals surface area (Å²) in [6, 6.07) is 17.6. The third-order valence-corrected chi connectivity index (χ3v) is 7.55. The summed E-state index contributed by atoms with van der Waals surface area (Å²) in [5.41, 5.74) is 5.45. The van der Waals surface area contributed by atoms with Crippen LogP contribution in [0.25, 0.3) is 32.7 Å². The molecule has 9 nitrogen and oxygen atoms in total. The van der Waals surface area contributed by atoms with E-state index in [1.165, 1.54) is 0 Å². The van der Waals surface area contributed by atoms with Crippen molar-refractivity contribution in [1.82, 2.24) is 25.1 Å². The first-order valence-electron chi connectivity index (χ1n) is 12.5. The average molecular weight is 526 g/mol. The fraction of sp³-hybridized carbons (Fsp3) is 0.214. The molecule has 5 aromatic rings. The number of ether oxygens (including phenoxy) is 1. The molecule has 2 aromatic carbocycles. The van der Waals surface area contributed by atoms with E-state index in [-0.39, 0.29) is 11.9 Å². The largest absolute Gasteiger partial charge is 0.379 e. The molecule has 1 saturated heterocycles. The molecule has 4 heterocycles. The summed E-state index contributed by atoms with van der Waals surface area (Å²) in [4.78, 5) is 24.7. The monoisotopic (exact) mass is 525 g/mol. The van der Waals surface area contributed by atoms with Gasteiger partial charge in [0.25, 0.3) is 0 Å². The topological polar surface area (TPSA) is 108 Å². The molecule has 38 heavy (non-hydrogen) atoms. The molecule has 1 aliphatic heterocycles. The highest BCUT2D eigenvalue weighted by Gasteiger charge is 2.23. The highest BCUT2D eigenvalue weighted by atomic mass is 32.1. The van der Waals surface area contributed by atoms with Crippen LogP contribution in [0, 0.1) is 0 Å². The second kappa shape index (κ2) is 10.7. The van der Waals surface area contributed by atoms with Crippen molar-refractivity contribution in [2.45, 2.75) is 13.0 Å². The van der Waals surface area contributed by atoms with Gasteiger partial charge in [0.05, 0.1) is 35.7 Å². The van der Waals surface area contributed by atoms with E-state index in [0.29, 0.717) is 24.7 Å². The number of fused-ring (bicyclic) bond motifs is 1. The van der Waals surface area contributed by atoms with Crippen molar-refractivity contribution in [1.29, 1.82) is 0 Å². The summed E-state index contributed by atoms with van der Waals surface area (Å²) >= 11 is 1.60. The van der Waals surface area contributed by atoms with Gasteiger partial charge in [-0.25, -0.2) is 9.97 Å². The van der Waals surface area contributed by atoms with Gasteiger partial charge >= 0.3 is 0 Å². The van der Waals surface area contributed by atoms with E-state index in [1.807, 2.05) is 73.1 Å². The summed E-state index contributed by atoms with van der Waals surface area (Å²) in [6.45, 7) is 4.74. The highest BCUT2D eigenvalue weighted by molar-refractivity contribution is 7.17. The lowest BCUT2D eigenvalue weighted by atomic mass is 10.1. The van der Waals surface area contributed by atoms with Crippen LogP contribution in [0.1, 0.15) is 6.92 Å². The Bertz CT molecular complexity index is 1540. The van der Waals surface area contributed by atoms with Crippen molar-refractivity contribution < 1.29 is 9.53 Å². The zero-order chi connectivity index (χ0) is 25.9. The molecule has 0 aliphatic carbocycles. The SMILES string of the molecule is CC(C(=O)Nc1cccc(-c2nc(Nc3ccc(-c4cn[nH]c4)cc3)c3sccc3n2)c1)N1CCOCC1. The highest BCUT2D eigenvalue weighted by Crippen LogP contribution is 2.32. The Balaban J connectivity index is 1.24. The predicted molar refractivity (Wildman–Crippen MR) is 151 cm³/mol. The zero-order valence-corrected chi connectivity index (χ0v) is 21.7. The number of carbonyl (C=O) groups is 1. The van der Waals surface area contributed by atoms with E-state index >= 15 is 0 Å². The molecule has 3 aromatic heterocycles. The molecule has 3 N–H and O–H groups in total. The number of morpholine rings is 1. The number of H-pyrrole nitrogens is 1. The van der Waals surface area contributed by atoms with Crippen LogP contribution in [0.3, 0.4) is 0 Å². The summed E-state index contributed by atoms with van der Waals surface area (Å²) in [5.74, 6) is 1.29. The molecule has 10 heteroatoms. The number of carbonyl (C=O) groups excluding carboxylic acids is 1. The van der Waals surface area contributed by atoms with E-state index in [0.717, 1.165) is 51.5 Å². The number of hydrogen-bond donors (Lipinski definition) is 3. The van der Waals surface area contributed by atoms with E-state index in [1.54, 1.807) is 17.5 Å². The van der Waals surface area contributed by atoms with Gasteiger partial charge in [0.15, 0.2) is 11.6 Å². The third kappa shape index (κ3) is 5.14. The number of aromatic nitrogens is 4. The normalized spacial score (nSPS) is 14.9. The molecule has 6 rings (SSSR count). The second-order valence-corrected chi connectivity index (χ2v) is 10.0. The number of amides is 1. The number of rotatable bonds is 7. The van der Waals surface area contributed by atoms with Gasteiger partial charge in [0, 0.05) is 41.8 Å². The Morgan fingerprint density at radius 3 is 2.66 bits per heavy atom. The van der Waals surface area contributed by atoms with Crippen molar-refractivity contribution in [2.75, 3.05) is 36.9 Å². The number of nitrogens with one attached hydrogen (secondary N) is 3. The van der Waals surface area contributed by atoms with Crippen LogP contribution < -0.4 is 10.6 Å². The predicted octanol–water partition coefficient (Wildman–Crippen LogP) is 5.15. The first-order valence-corrected chi connectivity index (χ1v) is 13.4.